The zero-order valence-electron chi connectivity index (χ0n) is 14.0. The third-order valence-electron chi connectivity index (χ3n) is 2.94. The van der Waals surface area contributed by atoms with E-state index in [-0.39, 0.29) is 29.2 Å². The Kier molecular flexibility index (Phi) is 7.01. The summed E-state index contributed by atoms with van der Waals surface area (Å²) in [6.45, 7) is 10.9. The van der Waals surface area contributed by atoms with Crippen LogP contribution in [0.5, 0.6) is 5.88 Å². The first-order valence-electron chi connectivity index (χ1n) is 7.79. The second kappa shape index (κ2) is 8.51. The Balaban J connectivity index is 3.21. The van der Waals surface area contributed by atoms with Gasteiger partial charge in [-0.1, -0.05) is 41.0 Å². The molecule has 1 rings (SSSR count). The second-order valence-corrected chi connectivity index (χ2v) is 5.98. The molecule has 0 unspecified atom stereocenters. The van der Waals surface area contributed by atoms with E-state index in [0.29, 0.717) is 19.0 Å². The molecule has 0 bridgehead atoms. The quantitative estimate of drug-likeness (QED) is 0.424. The molecule has 0 saturated carbocycles. The van der Waals surface area contributed by atoms with Gasteiger partial charge in [-0.05, 0) is 12.3 Å². The van der Waals surface area contributed by atoms with Gasteiger partial charge in [0.2, 0.25) is 5.82 Å². The molecule has 0 aromatic carbocycles. The molecule has 1 N–H and O–H groups in total. The number of aromatic nitrogens is 2. The number of hydrogen-bond acceptors (Lipinski definition) is 6. The van der Waals surface area contributed by atoms with Gasteiger partial charge in [0.15, 0.2) is 0 Å². The fraction of sp³-hybridized carbons (Fsp3) is 0.733. The fourth-order valence-corrected chi connectivity index (χ4v) is 1.73. The van der Waals surface area contributed by atoms with E-state index in [2.05, 4.69) is 22.2 Å². The minimum Gasteiger partial charge on any atom is -0.472 e. The number of unbranched alkanes of at least 4 members (excludes halogenated alkanes) is 1. The van der Waals surface area contributed by atoms with Gasteiger partial charge in [0.05, 0.1) is 11.5 Å². The van der Waals surface area contributed by atoms with E-state index in [1.807, 2.05) is 27.7 Å². The molecule has 7 heteroatoms. The Morgan fingerprint density at radius 3 is 2.45 bits per heavy atom. The first kappa shape index (κ1) is 18.1. The van der Waals surface area contributed by atoms with Crippen molar-refractivity contribution in [3.8, 4) is 5.88 Å². The number of ether oxygens (including phenoxy) is 1. The Hall–Kier alpha value is -1.92. The third-order valence-corrected chi connectivity index (χ3v) is 2.94. The van der Waals surface area contributed by atoms with Crippen molar-refractivity contribution >= 4 is 11.5 Å². The summed E-state index contributed by atoms with van der Waals surface area (Å²) in [7, 11) is 0. The van der Waals surface area contributed by atoms with E-state index in [9.17, 15) is 10.1 Å². The summed E-state index contributed by atoms with van der Waals surface area (Å²) in [6, 6.07) is 0. The fourth-order valence-electron chi connectivity index (χ4n) is 1.73. The number of nitrogens with one attached hydrogen (secondary N) is 1. The smallest absolute Gasteiger partial charge is 0.372 e. The highest BCUT2D eigenvalue weighted by molar-refractivity contribution is 5.61. The van der Waals surface area contributed by atoms with Gasteiger partial charge < -0.3 is 10.1 Å². The predicted octanol–water partition coefficient (Wildman–Crippen LogP) is 3.76. The molecule has 0 saturated heterocycles. The van der Waals surface area contributed by atoms with Crippen LogP contribution in [0.1, 0.15) is 59.2 Å². The van der Waals surface area contributed by atoms with Crippen molar-refractivity contribution in [1.82, 2.24) is 9.97 Å². The van der Waals surface area contributed by atoms with E-state index in [4.69, 9.17) is 4.74 Å². The molecule has 0 aliphatic heterocycles. The summed E-state index contributed by atoms with van der Waals surface area (Å²) in [5.41, 5.74) is -0.179. The van der Waals surface area contributed by atoms with Crippen LogP contribution in [0.2, 0.25) is 0 Å². The Morgan fingerprint density at radius 1 is 1.27 bits per heavy atom. The van der Waals surface area contributed by atoms with Gasteiger partial charge in [0.25, 0.3) is 5.88 Å². The zero-order valence-corrected chi connectivity index (χ0v) is 14.0. The maximum atomic E-state index is 11.4. The molecule has 0 amide bonds. The van der Waals surface area contributed by atoms with Crippen molar-refractivity contribution in [1.29, 1.82) is 0 Å². The summed E-state index contributed by atoms with van der Waals surface area (Å²) in [5, 5.41) is 14.5. The molecule has 0 aliphatic carbocycles. The van der Waals surface area contributed by atoms with Crippen molar-refractivity contribution in [2.24, 2.45) is 5.92 Å². The molecule has 1 heterocycles. The standard InChI is InChI=1S/C15H26N4O3/c1-6-7-8-16-14-12(19(20)21)15(22-9-10(2)3)18-13(17-14)11(4)5/h10-11H,6-9H2,1-5H3,(H,16,17,18). The van der Waals surface area contributed by atoms with E-state index in [1.165, 1.54) is 0 Å². The van der Waals surface area contributed by atoms with Crippen LogP contribution in [0.25, 0.3) is 0 Å². The Labute approximate surface area is 131 Å². The average Bonchev–Trinajstić information content (AvgIpc) is 2.44. The first-order valence-corrected chi connectivity index (χ1v) is 7.79. The molecule has 0 spiro atoms. The number of nitrogens with zero attached hydrogens (tertiary/aromatic N) is 3. The largest absolute Gasteiger partial charge is 0.472 e. The molecule has 0 atom stereocenters. The van der Waals surface area contributed by atoms with E-state index in [1.54, 1.807) is 0 Å². The maximum Gasteiger partial charge on any atom is 0.372 e. The number of nitro groups is 1. The van der Waals surface area contributed by atoms with Crippen LogP contribution in [0.3, 0.4) is 0 Å². The van der Waals surface area contributed by atoms with Crippen molar-refractivity contribution < 1.29 is 9.66 Å². The lowest BCUT2D eigenvalue weighted by atomic mass is 10.2. The van der Waals surface area contributed by atoms with Crippen molar-refractivity contribution in [3.05, 3.63) is 15.9 Å². The van der Waals surface area contributed by atoms with Crippen LogP contribution in [0.4, 0.5) is 11.5 Å². The summed E-state index contributed by atoms with van der Waals surface area (Å²) < 4.78 is 5.56. The average molecular weight is 310 g/mol. The molecular weight excluding hydrogens is 284 g/mol. The molecule has 1 aromatic heterocycles. The first-order chi connectivity index (χ1) is 10.4. The lowest BCUT2D eigenvalue weighted by Crippen LogP contribution is -2.14. The Bertz CT molecular complexity index is 504. The van der Waals surface area contributed by atoms with Gasteiger partial charge in [0.1, 0.15) is 5.82 Å². The van der Waals surface area contributed by atoms with E-state index < -0.39 is 4.92 Å². The van der Waals surface area contributed by atoms with Crippen LogP contribution >= 0.6 is 0 Å². The molecule has 7 nitrogen and oxygen atoms in total. The van der Waals surface area contributed by atoms with Crippen molar-refractivity contribution in [2.75, 3.05) is 18.5 Å². The normalized spacial score (nSPS) is 11.0. The number of anilines is 1. The minimum atomic E-state index is -0.478. The van der Waals surface area contributed by atoms with Gasteiger partial charge in [-0.3, -0.25) is 10.1 Å². The van der Waals surface area contributed by atoms with Crippen LogP contribution in [0.15, 0.2) is 0 Å². The van der Waals surface area contributed by atoms with E-state index >= 15 is 0 Å². The van der Waals surface area contributed by atoms with Crippen LogP contribution in [-0.4, -0.2) is 28.0 Å². The van der Waals surface area contributed by atoms with Gasteiger partial charge in [-0.15, -0.1) is 0 Å². The van der Waals surface area contributed by atoms with Crippen LogP contribution in [0, 0.1) is 16.0 Å². The summed E-state index contributed by atoms with van der Waals surface area (Å²) in [5.74, 6) is 1.16. The minimum absolute atomic E-state index is 0.0522. The molecular formula is C15H26N4O3. The predicted molar refractivity (Wildman–Crippen MR) is 86.5 cm³/mol. The van der Waals surface area contributed by atoms with Gasteiger partial charge in [-0.25, -0.2) is 4.98 Å². The molecule has 124 valence electrons. The van der Waals surface area contributed by atoms with Crippen LogP contribution < -0.4 is 10.1 Å². The summed E-state index contributed by atoms with van der Waals surface area (Å²) in [6.07, 6.45) is 1.92. The van der Waals surface area contributed by atoms with Crippen molar-refractivity contribution in [3.63, 3.8) is 0 Å². The van der Waals surface area contributed by atoms with Gasteiger partial charge in [0, 0.05) is 12.5 Å². The topological polar surface area (TPSA) is 90.2 Å². The highest BCUT2D eigenvalue weighted by Gasteiger charge is 2.27. The number of hydrogen-bond donors (Lipinski definition) is 1. The SMILES string of the molecule is CCCCNc1nc(C(C)C)nc(OCC(C)C)c1[N+](=O)[O-]. The molecule has 22 heavy (non-hydrogen) atoms. The Morgan fingerprint density at radius 2 is 1.95 bits per heavy atom. The van der Waals surface area contributed by atoms with E-state index in [0.717, 1.165) is 12.8 Å². The monoisotopic (exact) mass is 310 g/mol. The molecule has 0 fully saturated rings. The number of rotatable bonds is 9. The second-order valence-electron chi connectivity index (χ2n) is 5.98. The highest BCUT2D eigenvalue weighted by Crippen LogP contribution is 2.33. The third kappa shape index (κ3) is 5.13. The zero-order chi connectivity index (χ0) is 16.7. The summed E-state index contributed by atoms with van der Waals surface area (Å²) in [4.78, 5) is 19.5. The lowest BCUT2D eigenvalue weighted by Gasteiger charge is -2.14. The maximum absolute atomic E-state index is 11.4. The molecule has 0 aliphatic rings. The molecule has 1 aromatic rings. The van der Waals surface area contributed by atoms with Crippen LogP contribution in [-0.2, 0) is 0 Å². The highest BCUT2D eigenvalue weighted by atomic mass is 16.6. The lowest BCUT2D eigenvalue weighted by molar-refractivity contribution is -0.385. The van der Waals surface area contributed by atoms with Crippen molar-refractivity contribution in [2.45, 2.75) is 53.4 Å². The van der Waals surface area contributed by atoms with Gasteiger partial charge in [-0.2, -0.15) is 4.98 Å². The van der Waals surface area contributed by atoms with Gasteiger partial charge >= 0.3 is 5.69 Å². The summed E-state index contributed by atoms with van der Waals surface area (Å²) >= 11 is 0. The molecule has 0 radical (unpaired) electrons.